The summed E-state index contributed by atoms with van der Waals surface area (Å²) in [5.74, 6) is -0.675. The van der Waals surface area contributed by atoms with E-state index in [-0.39, 0.29) is 43.7 Å². The minimum Gasteiger partial charge on any atom is -0.481 e. The van der Waals surface area contributed by atoms with Gasteiger partial charge in [0.05, 0.1) is 31.7 Å². The van der Waals surface area contributed by atoms with E-state index >= 15 is 0 Å². The van der Waals surface area contributed by atoms with E-state index < -0.39 is 11.6 Å². The van der Waals surface area contributed by atoms with Gasteiger partial charge in [-0.25, -0.2) is 0 Å². The van der Waals surface area contributed by atoms with Crippen molar-refractivity contribution in [3.05, 3.63) is 5.56 Å². The molecule has 0 unspecified atom stereocenters. The van der Waals surface area contributed by atoms with Gasteiger partial charge in [0.1, 0.15) is 5.82 Å². The number of aromatic nitrogens is 2. The van der Waals surface area contributed by atoms with Gasteiger partial charge in [0.2, 0.25) is 17.7 Å². The minimum atomic E-state index is -1.01. The van der Waals surface area contributed by atoms with Crippen molar-refractivity contribution in [1.29, 1.82) is 0 Å². The van der Waals surface area contributed by atoms with Crippen molar-refractivity contribution in [1.82, 2.24) is 14.9 Å². The van der Waals surface area contributed by atoms with Crippen LogP contribution < -0.4 is 16.2 Å². The maximum Gasteiger partial charge on any atom is 0.303 e. The predicted molar refractivity (Wildman–Crippen MR) is 82.2 cm³/mol. The van der Waals surface area contributed by atoms with Gasteiger partial charge in [-0.05, 0) is 0 Å². The van der Waals surface area contributed by atoms with Gasteiger partial charge in [-0.3, -0.25) is 9.59 Å². The Balaban J connectivity index is 1.77. The van der Waals surface area contributed by atoms with Gasteiger partial charge in [-0.2, -0.15) is 9.97 Å². The maximum absolute atomic E-state index is 12.3. The highest BCUT2D eigenvalue weighted by Gasteiger charge is 2.45. The van der Waals surface area contributed by atoms with Crippen molar-refractivity contribution in [3.63, 3.8) is 0 Å². The minimum absolute atomic E-state index is 0.0206. The molecule has 10 nitrogen and oxygen atoms in total. The molecule has 1 aromatic rings. The number of carbonyl (C=O) groups is 2. The second-order valence-electron chi connectivity index (χ2n) is 5.97. The van der Waals surface area contributed by atoms with Crippen LogP contribution in [0.15, 0.2) is 0 Å². The van der Waals surface area contributed by atoms with Crippen LogP contribution in [-0.4, -0.2) is 63.8 Å². The third-order valence-electron chi connectivity index (χ3n) is 4.09. The van der Waals surface area contributed by atoms with Crippen molar-refractivity contribution in [3.8, 4) is 5.88 Å². The summed E-state index contributed by atoms with van der Waals surface area (Å²) in [4.78, 5) is 32.5. The van der Waals surface area contributed by atoms with Crippen LogP contribution in [0.3, 0.4) is 0 Å². The van der Waals surface area contributed by atoms with E-state index in [2.05, 4.69) is 9.97 Å². The Labute approximate surface area is 137 Å². The largest absolute Gasteiger partial charge is 0.481 e. The highest BCUT2D eigenvalue weighted by molar-refractivity contribution is 5.80. The number of carboxylic acids is 1. The van der Waals surface area contributed by atoms with E-state index in [1.807, 2.05) is 0 Å². The van der Waals surface area contributed by atoms with Crippen LogP contribution in [0.4, 0.5) is 11.8 Å². The van der Waals surface area contributed by atoms with Crippen LogP contribution in [0, 0.1) is 0 Å². The fourth-order valence-electron chi connectivity index (χ4n) is 2.97. The lowest BCUT2D eigenvalue weighted by Gasteiger charge is -2.30. The first-order valence-electron chi connectivity index (χ1n) is 7.57. The van der Waals surface area contributed by atoms with Gasteiger partial charge in [-0.1, -0.05) is 0 Å². The Kier molecular flexibility index (Phi) is 4.14. The first kappa shape index (κ1) is 16.2. The molecule has 5 N–H and O–H groups in total. The molecule has 2 aliphatic heterocycles. The summed E-state index contributed by atoms with van der Waals surface area (Å²) in [6.45, 7) is 1.26. The summed E-state index contributed by atoms with van der Waals surface area (Å²) in [6, 6.07) is 0. The molecule has 1 atom stereocenters. The number of anilines is 2. The molecule has 10 heteroatoms. The molecular weight excluding hydrogens is 318 g/mol. The predicted octanol–water partition coefficient (Wildman–Crippen LogP) is -0.962. The summed E-state index contributed by atoms with van der Waals surface area (Å²) in [5.41, 5.74) is 11.3. The zero-order valence-electron chi connectivity index (χ0n) is 13.0. The SMILES string of the molecule is Nc1nc(N)c2c(n1)O[C@]1(COCCN(C(=O)CCC(=O)O)C1)C2. The molecule has 1 amide bonds. The number of hydrogen-bond acceptors (Lipinski definition) is 8. The number of rotatable bonds is 3. The molecule has 1 aromatic heterocycles. The van der Waals surface area contributed by atoms with Crippen molar-refractivity contribution < 1.29 is 24.2 Å². The van der Waals surface area contributed by atoms with Gasteiger partial charge < -0.3 is 30.9 Å². The number of nitrogens with zero attached hydrogens (tertiary/aromatic N) is 3. The highest BCUT2D eigenvalue weighted by Crippen LogP contribution is 2.38. The van der Waals surface area contributed by atoms with E-state index in [0.29, 0.717) is 31.0 Å². The first-order chi connectivity index (χ1) is 11.4. The number of amides is 1. The van der Waals surface area contributed by atoms with E-state index in [9.17, 15) is 9.59 Å². The molecule has 0 saturated carbocycles. The van der Waals surface area contributed by atoms with Crippen LogP contribution in [0.2, 0.25) is 0 Å². The zero-order chi connectivity index (χ0) is 17.3. The average molecular weight is 337 g/mol. The number of carbonyl (C=O) groups excluding carboxylic acids is 1. The number of ether oxygens (including phenoxy) is 2. The molecule has 1 saturated heterocycles. The second kappa shape index (κ2) is 6.11. The van der Waals surface area contributed by atoms with Crippen molar-refractivity contribution >= 4 is 23.6 Å². The molecule has 0 aromatic carbocycles. The fraction of sp³-hybridized carbons (Fsp3) is 0.571. The Morgan fingerprint density at radius 2 is 2.08 bits per heavy atom. The number of hydrogen-bond donors (Lipinski definition) is 3. The van der Waals surface area contributed by atoms with Crippen LogP contribution in [-0.2, 0) is 20.7 Å². The summed E-state index contributed by atoms with van der Waals surface area (Å²) in [5, 5.41) is 8.74. The summed E-state index contributed by atoms with van der Waals surface area (Å²) in [6.07, 6.45) is 0.129. The molecule has 3 heterocycles. The normalized spacial score (nSPS) is 22.8. The van der Waals surface area contributed by atoms with Crippen molar-refractivity contribution in [2.45, 2.75) is 24.9 Å². The lowest BCUT2D eigenvalue weighted by atomic mass is 9.97. The van der Waals surface area contributed by atoms with Crippen LogP contribution >= 0.6 is 0 Å². The van der Waals surface area contributed by atoms with Gasteiger partial charge in [0.25, 0.3) is 0 Å². The first-order valence-corrected chi connectivity index (χ1v) is 7.57. The zero-order valence-corrected chi connectivity index (χ0v) is 13.0. The maximum atomic E-state index is 12.3. The molecule has 1 spiro atoms. The van der Waals surface area contributed by atoms with E-state index in [1.54, 1.807) is 4.90 Å². The van der Waals surface area contributed by atoms with E-state index in [1.165, 1.54) is 0 Å². The standard InChI is InChI=1S/C14H19N5O5/c15-11-8-5-14(24-12(8)18-13(16)17-11)6-19(3-4-23-7-14)9(20)1-2-10(21)22/h1-7H2,(H,21,22)(H4,15,16,17,18)/t14-/m1/s1. The lowest BCUT2D eigenvalue weighted by molar-refractivity contribution is -0.141. The van der Waals surface area contributed by atoms with E-state index in [4.69, 9.17) is 26.0 Å². The average Bonchev–Trinajstić information content (AvgIpc) is 2.72. The summed E-state index contributed by atoms with van der Waals surface area (Å²) >= 11 is 0. The summed E-state index contributed by atoms with van der Waals surface area (Å²) < 4.78 is 11.5. The van der Waals surface area contributed by atoms with E-state index in [0.717, 1.165) is 0 Å². The second-order valence-corrected chi connectivity index (χ2v) is 5.97. The monoisotopic (exact) mass is 337 g/mol. The molecular formula is C14H19N5O5. The van der Waals surface area contributed by atoms with Gasteiger partial charge >= 0.3 is 5.97 Å². The number of nitrogen functional groups attached to an aromatic ring is 2. The van der Waals surface area contributed by atoms with Crippen molar-refractivity contribution in [2.75, 3.05) is 37.8 Å². The van der Waals surface area contributed by atoms with Gasteiger partial charge in [0.15, 0.2) is 5.60 Å². The van der Waals surface area contributed by atoms with Gasteiger partial charge in [-0.15, -0.1) is 0 Å². The molecule has 0 aliphatic carbocycles. The Bertz CT molecular complexity index is 682. The molecule has 0 bridgehead atoms. The molecule has 130 valence electrons. The lowest BCUT2D eigenvalue weighted by Crippen LogP contribution is -2.50. The number of nitrogens with two attached hydrogens (primary N) is 2. The van der Waals surface area contributed by atoms with Crippen LogP contribution in [0.1, 0.15) is 18.4 Å². The summed E-state index contributed by atoms with van der Waals surface area (Å²) in [7, 11) is 0. The molecule has 3 rings (SSSR count). The number of aliphatic carboxylic acids is 1. The van der Waals surface area contributed by atoms with Crippen LogP contribution in [0.5, 0.6) is 5.88 Å². The Morgan fingerprint density at radius 1 is 1.29 bits per heavy atom. The molecule has 24 heavy (non-hydrogen) atoms. The molecule has 0 radical (unpaired) electrons. The molecule has 2 aliphatic rings. The van der Waals surface area contributed by atoms with Crippen LogP contribution in [0.25, 0.3) is 0 Å². The van der Waals surface area contributed by atoms with Crippen molar-refractivity contribution in [2.24, 2.45) is 0 Å². The Morgan fingerprint density at radius 3 is 2.83 bits per heavy atom. The quantitative estimate of drug-likeness (QED) is 0.632. The molecule has 1 fully saturated rings. The smallest absolute Gasteiger partial charge is 0.303 e. The number of carboxylic acid groups (broad SMARTS) is 1. The highest BCUT2D eigenvalue weighted by atomic mass is 16.6. The third-order valence-corrected chi connectivity index (χ3v) is 4.09. The van der Waals surface area contributed by atoms with Gasteiger partial charge in [0, 0.05) is 19.4 Å². The number of fused-ring (bicyclic) bond motifs is 1. The topological polar surface area (TPSA) is 154 Å². The third kappa shape index (κ3) is 3.18. The Hall–Kier alpha value is -2.62. The fourth-order valence-corrected chi connectivity index (χ4v) is 2.97.